The van der Waals surface area contributed by atoms with E-state index in [0.29, 0.717) is 11.8 Å². The molecule has 0 aromatic heterocycles. The van der Waals surface area contributed by atoms with Gasteiger partial charge in [0.2, 0.25) is 0 Å². The van der Waals surface area contributed by atoms with Crippen LogP contribution in [0.15, 0.2) is 24.3 Å². The average molecular weight is 292 g/mol. The molecule has 0 amide bonds. The molecule has 1 saturated heterocycles. The van der Waals surface area contributed by atoms with Crippen molar-refractivity contribution in [3.63, 3.8) is 0 Å². The highest BCUT2D eigenvalue weighted by molar-refractivity contribution is 5.16. The molecule has 1 aliphatic carbocycles. The Balaban J connectivity index is 1.55. The number of nitrogens with two attached hydrogens (primary N) is 1. The Hall–Kier alpha value is -0.970. The molecule has 2 fully saturated rings. The summed E-state index contributed by atoms with van der Waals surface area (Å²) in [5, 5.41) is 10.1. The number of aliphatic hydroxyl groups is 1. The second-order valence-corrected chi connectivity index (χ2v) is 6.82. The maximum Gasteiger partial charge on any atom is 0.123 e. The van der Waals surface area contributed by atoms with E-state index >= 15 is 0 Å². The molecule has 1 aromatic rings. The summed E-state index contributed by atoms with van der Waals surface area (Å²) in [6.45, 7) is 2.67. The van der Waals surface area contributed by atoms with E-state index in [9.17, 15) is 9.50 Å². The molecule has 1 heterocycles. The van der Waals surface area contributed by atoms with Crippen molar-refractivity contribution in [1.29, 1.82) is 0 Å². The van der Waals surface area contributed by atoms with E-state index in [0.717, 1.165) is 38.0 Å². The lowest BCUT2D eigenvalue weighted by molar-refractivity contribution is 0.0781. The number of piperidine rings is 1. The van der Waals surface area contributed by atoms with Crippen molar-refractivity contribution >= 4 is 0 Å². The first-order valence-electron chi connectivity index (χ1n) is 8.00. The Morgan fingerprint density at radius 1 is 1.24 bits per heavy atom. The fourth-order valence-electron chi connectivity index (χ4n) is 3.51. The smallest absolute Gasteiger partial charge is 0.123 e. The van der Waals surface area contributed by atoms with Crippen molar-refractivity contribution in [2.75, 3.05) is 13.1 Å². The van der Waals surface area contributed by atoms with Crippen LogP contribution in [0.4, 0.5) is 4.39 Å². The molecular weight excluding hydrogens is 267 g/mol. The number of halogens is 1. The SMILES string of the molecule is NC1CC(CC(O)C2CC2)CN(Cc2ccc(F)cc2)C1. The molecule has 3 nitrogen and oxygen atoms in total. The molecule has 3 atom stereocenters. The predicted molar refractivity (Wildman–Crippen MR) is 81.1 cm³/mol. The Morgan fingerprint density at radius 2 is 1.95 bits per heavy atom. The van der Waals surface area contributed by atoms with Gasteiger partial charge in [-0.25, -0.2) is 4.39 Å². The summed E-state index contributed by atoms with van der Waals surface area (Å²) in [5.41, 5.74) is 7.30. The largest absolute Gasteiger partial charge is 0.393 e. The van der Waals surface area contributed by atoms with Crippen molar-refractivity contribution in [2.45, 2.75) is 44.4 Å². The van der Waals surface area contributed by atoms with Crippen LogP contribution in [0, 0.1) is 17.7 Å². The maximum atomic E-state index is 13.0. The van der Waals surface area contributed by atoms with E-state index in [1.165, 1.54) is 25.0 Å². The third-order valence-corrected chi connectivity index (χ3v) is 4.71. The highest BCUT2D eigenvalue weighted by atomic mass is 19.1. The van der Waals surface area contributed by atoms with Crippen molar-refractivity contribution in [3.8, 4) is 0 Å². The second-order valence-electron chi connectivity index (χ2n) is 6.82. The van der Waals surface area contributed by atoms with Gasteiger partial charge in [-0.1, -0.05) is 12.1 Å². The highest BCUT2D eigenvalue weighted by Crippen LogP contribution is 2.36. The summed E-state index contributed by atoms with van der Waals surface area (Å²) in [7, 11) is 0. The number of hydrogen-bond donors (Lipinski definition) is 2. The van der Waals surface area contributed by atoms with Crippen LogP contribution >= 0.6 is 0 Å². The lowest BCUT2D eigenvalue weighted by Crippen LogP contribution is -2.47. The summed E-state index contributed by atoms with van der Waals surface area (Å²) >= 11 is 0. The minimum absolute atomic E-state index is 0.145. The molecular formula is C17H25FN2O. The molecule has 21 heavy (non-hydrogen) atoms. The zero-order valence-corrected chi connectivity index (χ0v) is 12.4. The monoisotopic (exact) mass is 292 g/mol. The molecule has 0 radical (unpaired) electrons. The van der Waals surface area contributed by atoms with Crippen molar-refractivity contribution < 1.29 is 9.50 Å². The molecule has 4 heteroatoms. The number of hydrogen-bond acceptors (Lipinski definition) is 3. The Labute approximate surface area is 125 Å². The van der Waals surface area contributed by atoms with Gasteiger partial charge >= 0.3 is 0 Å². The second kappa shape index (κ2) is 6.42. The number of nitrogens with zero attached hydrogens (tertiary/aromatic N) is 1. The van der Waals surface area contributed by atoms with Gasteiger partial charge in [0, 0.05) is 25.7 Å². The third kappa shape index (κ3) is 4.25. The molecule has 0 bridgehead atoms. The van der Waals surface area contributed by atoms with Gasteiger partial charge in [-0.3, -0.25) is 4.90 Å². The van der Waals surface area contributed by atoms with E-state index in [1.807, 2.05) is 12.1 Å². The van der Waals surface area contributed by atoms with Crippen LogP contribution in [-0.2, 0) is 6.54 Å². The molecule has 1 aliphatic heterocycles. The molecule has 1 saturated carbocycles. The van der Waals surface area contributed by atoms with Crippen LogP contribution in [0.3, 0.4) is 0 Å². The lowest BCUT2D eigenvalue weighted by atomic mass is 9.88. The molecule has 0 spiro atoms. The van der Waals surface area contributed by atoms with E-state index in [2.05, 4.69) is 4.90 Å². The van der Waals surface area contributed by atoms with Crippen LogP contribution < -0.4 is 5.73 Å². The maximum absolute atomic E-state index is 13.0. The van der Waals surface area contributed by atoms with Gasteiger partial charge in [-0.15, -0.1) is 0 Å². The third-order valence-electron chi connectivity index (χ3n) is 4.71. The topological polar surface area (TPSA) is 49.5 Å². The zero-order valence-electron chi connectivity index (χ0n) is 12.4. The van der Waals surface area contributed by atoms with Gasteiger partial charge in [0.25, 0.3) is 0 Å². The minimum Gasteiger partial charge on any atom is -0.393 e. The van der Waals surface area contributed by atoms with Crippen LogP contribution in [0.25, 0.3) is 0 Å². The van der Waals surface area contributed by atoms with Crippen LogP contribution in [-0.4, -0.2) is 35.2 Å². The van der Waals surface area contributed by atoms with Crippen LogP contribution in [0.1, 0.15) is 31.2 Å². The zero-order chi connectivity index (χ0) is 14.8. The molecule has 3 rings (SSSR count). The number of benzene rings is 1. The van der Waals surface area contributed by atoms with E-state index in [4.69, 9.17) is 5.73 Å². The number of aliphatic hydroxyl groups excluding tert-OH is 1. The highest BCUT2D eigenvalue weighted by Gasteiger charge is 2.33. The van der Waals surface area contributed by atoms with Crippen molar-refractivity contribution in [3.05, 3.63) is 35.6 Å². The fourth-order valence-corrected chi connectivity index (χ4v) is 3.51. The summed E-state index contributed by atoms with van der Waals surface area (Å²) in [6.07, 6.45) is 4.09. The molecule has 116 valence electrons. The molecule has 2 aliphatic rings. The van der Waals surface area contributed by atoms with Gasteiger partial charge in [-0.05, 0) is 55.2 Å². The first-order chi connectivity index (χ1) is 10.1. The Morgan fingerprint density at radius 3 is 2.62 bits per heavy atom. The Kier molecular flexibility index (Phi) is 4.57. The van der Waals surface area contributed by atoms with Crippen molar-refractivity contribution in [1.82, 2.24) is 4.90 Å². The van der Waals surface area contributed by atoms with Gasteiger partial charge in [0.05, 0.1) is 6.10 Å². The molecule has 1 aromatic carbocycles. The average Bonchev–Trinajstić information content (AvgIpc) is 3.25. The van der Waals surface area contributed by atoms with Crippen molar-refractivity contribution in [2.24, 2.45) is 17.6 Å². The lowest BCUT2D eigenvalue weighted by Gasteiger charge is -2.37. The first-order valence-corrected chi connectivity index (χ1v) is 8.00. The van der Waals surface area contributed by atoms with Gasteiger partial charge in [-0.2, -0.15) is 0 Å². The quantitative estimate of drug-likeness (QED) is 0.874. The van der Waals surface area contributed by atoms with E-state index in [-0.39, 0.29) is 18.0 Å². The summed E-state index contributed by atoms with van der Waals surface area (Å²) in [4.78, 5) is 2.34. The fraction of sp³-hybridized carbons (Fsp3) is 0.647. The van der Waals surface area contributed by atoms with Gasteiger partial charge in [0.1, 0.15) is 5.82 Å². The predicted octanol–water partition coefficient (Wildman–Crippen LogP) is 2.14. The minimum atomic E-state index is -0.195. The normalized spacial score (nSPS) is 28.5. The number of likely N-dealkylation sites (tertiary alicyclic amines) is 1. The standard InChI is InChI=1S/C17H25FN2O/c18-15-5-1-12(2-6-15)9-20-10-13(7-16(19)11-20)8-17(21)14-3-4-14/h1-2,5-6,13-14,16-17,21H,3-4,7-11,19H2. The van der Waals surface area contributed by atoms with E-state index < -0.39 is 0 Å². The van der Waals surface area contributed by atoms with Gasteiger partial charge < -0.3 is 10.8 Å². The summed E-state index contributed by atoms with van der Waals surface area (Å²) in [6, 6.07) is 6.87. The van der Waals surface area contributed by atoms with Crippen LogP contribution in [0.2, 0.25) is 0 Å². The van der Waals surface area contributed by atoms with Crippen LogP contribution in [0.5, 0.6) is 0 Å². The Bertz CT molecular complexity index is 460. The molecule has 3 unspecified atom stereocenters. The van der Waals surface area contributed by atoms with E-state index in [1.54, 1.807) is 0 Å². The molecule has 3 N–H and O–H groups in total. The summed E-state index contributed by atoms with van der Waals surface area (Å²) in [5.74, 6) is 0.818. The summed E-state index contributed by atoms with van der Waals surface area (Å²) < 4.78 is 13.0. The first kappa shape index (κ1) is 14.9. The van der Waals surface area contributed by atoms with Gasteiger partial charge in [0.15, 0.2) is 0 Å². The number of rotatable bonds is 5.